The first-order valence-corrected chi connectivity index (χ1v) is 6.87. The highest BCUT2D eigenvalue weighted by Gasteiger charge is 2.03. The van der Waals surface area contributed by atoms with Crippen LogP contribution in [0.15, 0.2) is 42.5 Å². The minimum Gasteiger partial charge on any atom is -0.495 e. The number of anilines is 1. The second-order valence-corrected chi connectivity index (χ2v) is 5.26. The maximum absolute atomic E-state index is 8.93. The molecule has 1 N–H and O–H groups in total. The van der Waals surface area contributed by atoms with Gasteiger partial charge >= 0.3 is 0 Å². The third-order valence-electron chi connectivity index (χ3n) is 2.71. The Labute approximate surface area is 126 Å². The lowest BCUT2D eigenvalue weighted by Gasteiger charge is -2.09. The van der Waals surface area contributed by atoms with E-state index < -0.39 is 0 Å². The molecule has 0 aromatic heterocycles. The Morgan fingerprint density at radius 2 is 2.11 bits per heavy atom. The zero-order chi connectivity index (χ0) is 13.7. The van der Waals surface area contributed by atoms with Crippen LogP contribution in [0.3, 0.4) is 0 Å². The van der Waals surface area contributed by atoms with Gasteiger partial charge in [-0.2, -0.15) is 5.26 Å². The van der Waals surface area contributed by atoms with E-state index in [1.807, 2.05) is 24.3 Å². The van der Waals surface area contributed by atoms with Crippen LogP contribution in [0.2, 0.25) is 0 Å². The number of hydrogen-bond acceptors (Lipinski definition) is 3. The van der Waals surface area contributed by atoms with Crippen molar-refractivity contribution >= 4 is 28.3 Å². The third kappa shape index (κ3) is 3.61. The van der Waals surface area contributed by atoms with Gasteiger partial charge in [-0.1, -0.05) is 12.1 Å². The highest BCUT2D eigenvalue weighted by Crippen LogP contribution is 2.20. The molecule has 0 unspecified atom stereocenters. The van der Waals surface area contributed by atoms with Crippen molar-refractivity contribution < 1.29 is 4.74 Å². The van der Waals surface area contributed by atoms with Gasteiger partial charge in [0.05, 0.1) is 12.7 Å². The second-order valence-electron chi connectivity index (χ2n) is 4.01. The summed E-state index contributed by atoms with van der Waals surface area (Å²) in [7, 11) is 1.58. The molecule has 0 aliphatic heterocycles. The first-order valence-electron chi connectivity index (χ1n) is 5.79. The summed E-state index contributed by atoms with van der Waals surface area (Å²) in [5.41, 5.74) is 2.71. The summed E-state index contributed by atoms with van der Waals surface area (Å²) in [4.78, 5) is 0. The van der Waals surface area contributed by atoms with Crippen molar-refractivity contribution in [2.24, 2.45) is 0 Å². The number of benzene rings is 2. The Bertz CT molecular complexity index is 620. The molecule has 2 aromatic carbocycles. The Morgan fingerprint density at radius 3 is 2.79 bits per heavy atom. The fourth-order valence-electron chi connectivity index (χ4n) is 1.74. The molecule has 0 spiro atoms. The number of ether oxygens (including phenoxy) is 1. The first kappa shape index (κ1) is 13.7. The molecular weight excluding hydrogens is 351 g/mol. The average molecular weight is 364 g/mol. The van der Waals surface area contributed by atoms with E-state index >= 15 is 0 Å². The molecule has 2 aromatic rings. The molecule has 96 valence electrons. The van der Waals surface area contributed by atoms with Crippen LogP contribution >= 0.6 is 22.6 Å². The molecule has 0 radical (unpaired) electrons. The van der Waals surface area contributed by atoms with Crippen LogP contribution in [0.1, 0.15) is 11.1 Å². The number of halogens is 1. The van der Waals surface area contributed by atoms with E-state index in [1.165, 1.54) is 3.57 Å². The fraction of sp³-hybridized carbons (Fsp3) is 0.133. The summed E-state index contributed by atoms with van der Waals surface area (Å²) in [6.07, 6.45) is 0. The lowest BCUT2D eigenvalue weighted by molar-refractivity contribution is 0.413. The van der Waals surface area contributed by atoms with Crippen molar-refractivity contribution in [3.05, 3.63) is 57.2 Å². The van der Waals surface area contributed by atoms with Crippen LogP contribution in [0.5, 0.6) is 5.75 Å². The number of nitrogens with zero attached hydrogens (tertiary/aromatic N) is 1. The summed E-state index contributed by atoms with van der Waals surface area (Å²) < 4.78 is 6.39. The lowest BCUT2D eigenvalue weighted by atomic mass is 10.1. The highest BCUT2D eigenvalue weighted by molar-refractivity contribution is 14.1. The molecule has 0 heterocycles. The van der Waals surface area contributed by atoms with Crippen LogP contribution in [0.25, 0.3) is 0 Å². The SMILES string of the molecule is COc1cc(CNc2cccc(I)c2)ccc1C#N. The van der Waals surface area contributed by atoms with E-state index in [0.717, 1.165) is 11.3 Å². The van der Waals surface area contributed by atoms with Crippen LogP contribution < -0.4 is 10.1 Å². The van der Waals surface area contributed by atoms with Gasteiger partial charge in [-0.3, -0.25) is 0 Å². The van der Waals surface area contributed by atoms with Gasteiger partial charge < -0.3 is 10.1 Å². The smallest absolute Gasteiger partial charge is 0.136 e. The van der Waals surface area contributed by atoms with Gasteiger partial charge in [0.25, 0.3) is 0 Å². The molecule has 0 bridgehead atoms. The highest BCUT2D eigenvalue weighted by atomic mass is 127. The van der Waals surface area contributed by atoms with Gasteiger partial charge in [-0.05, 0) is 58.5 Å². The van der Waals surface area contributed by atoms with Crippen molar-refractivity contribution in [2.75, 3.05) is 12.4 Å². The summed E-state index contributed by atoms with van der Waals surface area (Å²) in [6, 6.07) is 15.9. The molecule has 0 aliphatic carbocycles. The van der Waals surface area contributed by atoms with Crippen molar-refractivity contribution in [1.29, 1.82) is 5.26 Å². The summed E-state index contributed by atoms with van der Waals surface area (Å²) in [5, 5.41) is 12.3. The summed E-state index contributed by atoms with van der Waals surface area (Å²) in [5.74, 6) is 0.615. The molecule has 2 rings (SSSR count). The predicted octanol–water partition coefficient (Wildman–Crippen LogP) is 3.78. The topological polar surface area (TPSA) is 45.0 Å². The number of methoxy groups -OCH3 is 1. The number of nitrogens with one attached hydrogen (secondary N) is 1. The Kier molecular flexibility index (Phi) is 4.63. The average Bonchev–Trinajstić information content (AvgIpc) is 2.45. The predicted molar refractivity (Wildman–Crippen MR) is 84.2 cm³/mol. The van der Waals surface area contributed by atoms with Crippen LogP contribution in [0.4, 0.5) is 5.69 Å². The van der Waals surface area contributed by atoms with Gasteiger partial charge in [0, 0.05) is 15.8 Å². The molecule has 3 nitrogen and oxygen atoms in total. The van der Waals surface area contributed by atoms with Crippen LogP contribution in [-0.4, -0.2) is 7.11 Å². The van der Waals surface area contributed by atoms with E-state index in [-0.39, 0.29) is 0 Å². The lowest BCUT2D eigenvalue weighted by Crippen LogP contribution is -2.00. The number of nitriles is 1. The molecule has 19 heavy (non-hydrogen) atoms. The van der Waals surface area contributed by atoms with E-state index in [0.29, 0.717) is 17.9 Å². The third-order valence-corrected chi connectivity index (χ3v) is 3.38. The van der Waals surface area contributed by atoms with E-state index in [1.54, 1.807) is 13.2 Å². The Hall–Kier alpha value is -1.74. The van der Waals surface area contributed by atoms with Gasteiger partial charge in [-0.15, -0.1) is 0 Å². The molecule has 0 saturated heterocycles. The normalized spacial score (nSPS) is 9.74. The molecule has 0 fully saturated rings. The van der Waals surface area contributed by atoms with Gasteiger partial charge in [0.1, 0.15) is 11.8 Å². The molecule has 0 amide bonds. The quantitative estimate of drug-likeness (QED) is 0.840. The number of hydrogen-bond donors (Lipinski definition) is 1. The second kappa shape index (κ2) is 6.43. The largest absolute Gasteiger partial charge is 0.495 e. The van der Waals surface area contributed by atoms with Crippen molar-refractivity contribution in [1.82, 2.24) is 0 Å². The maximum Gasteiger partial charge on any atom is 0.136 e. The first-order chi connectivity index (χ1) is 9.22. The van der Waals surface area contributed by atoms with Crippen molar-refractivity contribution in [2.45, 2.75) is 6.54 Å². The molecule has 0 atom stereocenters. The summed E-state index contributed by atoms with van der Waals surface area (Å²) in [6.45, 7) is 0.697. The van der Waals surface area contributed by atoms with Crippen molar-refractivity contribution in [3.8, 4) is 11.8 Å². The fourth-order valence-corrected chi connectivity index (χ4v) is 2.28. The minimum absolute atomic E-state index is 0.556. The van der Waals surface area contributed by atoms with Crippen LogP contribution in [0, 0.1) is 14.9 Å². The van der Waals surface area contributed by atoms with E-state index in [4.69, 9.17) is 10.00 Å². The molecule has 0 saturated carbocycles. The zero-order valence-corrected chi connectivity index (χ0v) is 12.6. The van der Waals surface area contributed by atoms with Crippen LogP contribution in [-0.2, 0) is 6.54 Å². The summed E-state index contributed by atoms with van der Waals surface area (Å²) >= 11 is 2.28. The minimum atomic E-state index is 0.556. The van der Waals surface area contributed by atoms with E-state index in [2.05, 4.69) is 46.1 Å². The molecule has 4 heteroatoms. The van der Waals surface area contributed by atoms with E-state index in [9.17, 15) is 0 Å². The van der Waals surface area contributed by atoms with Gasteiger partial charge in [0.15, 0.2) is 0 Å². The van der Waals surface area contributed by atoms with Gasteiger partial charge in [-0.25, -0.2) is 0 Å². The van der Waals surface area contributed by atoms with Gasteiger partial charge in [0.2, 0.25) is 0 Å². The number of rotatable bonds is 4. The maximum atomic E-state index is 8.93. The zero-order valence-electron chi connectivity index (χ0n) is 10.5. The molecule has 0 aliphatic rings. The molecular formula is C15H13IN2O. The monoisotopic (exact) mass is 364 g/mol. The Balaban J connectivity index is 2.10. The standard InChI is InChI=1S/C15H13IN2O/c1-19-15-7-11(5-6-12(15)9-17)10-18-14-4-2-3-13(16)8-14/h2-8,18H,10H2,1H3. The Morgan fingerprint density at radius 1 is 1.26 bits per heavy atom. The van der Waals surface area contributed by atoms with Crippen molar-refractivity contribution in [3.63, 3.8) is 0 Å².